The lowest BCUT2D eigenvalue weighted by Crippen LogP contribution is -2.24. The van der Waals surface area contributed by atoms with E-state index in [9.17, 15) is 4.39 Å². The summed E-state index contributed by atoms with van der Waals surface area (Å²) in [4.78, 5) is 0. The van der Waals surface area contributed by atoms with Crippen LogP contribution in [0.25, 0.3) is 0 Å². The van der Waals surface area contributed by atoms with Gasteiger partial charge in [0.15, 0.2) is 11.6 Å². The lowest BCUT2D eigenvalue weighted by atomic mass is 10.00. The highest BCUT2D eigenvalue weighted by Crippen LogP contribution is 2.25. The number of rotatable bonds is 7. The van der Waals surface area contributed by atoms with E-state index in [2.05, 4.69) is 29.1 Å². The van der Waals surface area contributed by atoms with Gasteiger partial charge in [-0.15, -0.1) is 0 Å². The normalized spacial score (nSPS) is 12.3. The Balaban J connectivity index is 2.18. The standard InChI is InChI=1S/C16H20FNOS/c1-3-7-18-15(9-12-6-8-20-11-12)13-4-5-16(19-2)14(17)10-13/h4-6,8,10-11,15,18H,3,7,9H2,1-2H3. The van der Waals surface area contributed by atoms with Gasteiger partial charge in [0.05, 0.1) is 7.11 Å². The van der Waals surface area contributed by atoms with Crippen molar-refractivity contribution in [1.29, 1.82) is 0 Å². The molecule has 1 unspecified atom stereocenters. The summed E-state index contributed by atoms with van der Waals surface area (Å²) >= 11 is 1.69. The van der Waals surface area contributed by atoms with Gasteiger partial charge in [0.2, 0.25) is 0 Å². The van der Waals surface area contributed by atoms with E-state index in [1.807, 2.05) is 6.07 Å². The van der Waals surface area contributed by atoms with Gasteiger partial charge in [0, 0.05) is 6.04 Å². The molecule has 2 nitrogen and oxygen atoms in total. The Bertz CT molecular complexity index is 527. The Morgan fingerprint density at radius 1 is 1.35 bits per heavy atom. The minimum atomic E-state index is -0.307. The van der Waals surface area contributed by atoms with Crippen molar-refractivity contribution in [3.05, 3.63) is 52.0 Å². The van der Waals surface area contributed by atoms with Crippen LogP contribution >= 0.6 is 11.3 Å². The first-order valence-electron chi connectivity index (χ1n) is 6.82. The molecule has 2 rings (SSSR count). The lowest BCUT2D eigenvalue weighted by molar-refractivity contribution is 0.385. The predicted molar refractivity (Wildman–Crippen MR) is 82.0 cm³/mol. The number of methoxy groups -OCH3 is 1. The van der Waals surface area contributed by atoms with Gasteiger partial charge >= 0.3 is 0 Å². The van der Waals surface area contributed by atoms with Gasteiger partial charge < -0.3 is 10.1 Å². The van der Waals surface area contributed by atoms with Gasteiger partial charge in [-0.2, -0.15) is 11.3 Å². The van der Waals surface area contributed by atoms with E-state index in [1.165, 1.54) is 12.7 Å². The van der Waals surface area contributed by atoms with Crippen molar-refractivity contribution in [3.63, 3.8) is 0 Å². The van der Waals surface area contributed by atoms with E-state index in [4.69, 9.17) is 4.74 Å². The molecular weight excluding hydrogens is 273 g/mol. The second kappa shape index (κ2) is 7.41. The van der Waals surface area contributed by atoms with Gasteiger partial charge in [-0.05, 0) is 59.5 Å². The van der Waals surface area contributed by atoms with Crippen LogP contribution in [0.5, 0.6) is 5.75 Å². The van der Waals surface area contributed by atoms with E-state index in [1.54, 1.807) is 23.5 Å². The molecule has 0 aliphatic heterocycles. The highest BCUT2D eigenvalue weighted by atomic mass is 32.1. The molecule has 1 aromatic heterocycles. The van der Waals surface area contributed by atoms with Gasteiger partial charge in [0.25, 0.3) is 0 Å². The summed E-state index contributed by atoms with van der Waals surface area (Å²) in [5.74, 6) is -0.0165. The molecule has 1 atom stereocenters. The molecule has 108 valence electrons. The van der Waals surface area contributed by atoms with Crippen LogP contribution in [-0.4, -0.2) is 13.7 Å². The van der Waals surface area contributed by atoms with Crippen LogP contribution in [0.3, 0.4) is 0 Å². The highest BCUT2D eigenvalue weighted by Gasteiger charge is 2.14. The maximum atomic E-state index is 13.9. The number of nitrogens with one attached hydrogen (secondary N) is 1. The summed E-state index contributed by atoms with van der Waals surface area (Å²) in [6, 6.07) is 7.44. The van der Waals surface area contributed by atoms with Crippen LogP contribution in [0.4, 0.5) is 4.39 Å². The predicted octanol–water partition coefficient (Wildman–Crippen LogP) is 4.18. The van der Waals surface area contributed by atoms with Crippen LogP contribution in [0, 0.1) is 5.82 Å². The topological polar surface area (TPSA) is 21.3 Å². The molecule has 1 heterocycles. The van der Waals surface area contributed by atoms with Crippen molar-refractivity contribution in [2.24, 2.45) is 0 Å². The van der Waals surface area contributed by atoms with Crippen molar-refractivity contribution in [1.82, 2.24) is 5.32 Å². The minimum absolute atomic E-state index is 0.130. The van der Waals surface area contributed by atoms with E-state index in [0.717, 1.165) is 24.9 Å². The molecule has 2 aromatic rings. The van der Waals surface area contributed by atoms with Crippen LogP contribution in [0.15, 0.2) is 35.0 Å². The third-order valence-electron chi connectivity index (χ3n) is 3.24. The molecular formula is C16H20FNOS. The Labute approximate surface area is 123 Å². The average Bonchev–Trinajstić information content (AvgIpc) is 2.96. The monoisotopic (exact) mass is 293 g/mol. The molecule has 0 saturated heterocycles. The summed E-state index contributed by atoms with van der Waals surface area (Å²) in [5.41, 5.74) is 2.24. The first-order chi connectivity index (χ1) is 9.74. The fraction of sp³-hybridized carbons (Fsp3) is 0.375. The fourth-order valence-corrected chi connectivity index (χ4v) is 2.85. The van der Waals surface area contributed by atoms with E-state index in [-0.39, 0.29) is 11.9 Å². The molecule has 1 aromatic carbocycles. The summed E-state index contributed by atoms with van der Waals surface area (Å²) in [6.07, 6.45) is 1.92. The van der Waals surface area contributed by atoms with E-state index >= 15 is 0 Å². The third-order valence-corrected chi connectivity index (χ3v) is 3.97. The maximum absolute atomic E-state index is 13.9. The first-order valence-corrected chi connectivity index (χ1v) is 7.76. The summed E-state index contributed by atoms with van der Waals surface area (Å²) < 4.78 is 18.8. The van der Waals surface area contributed by atoms with E-state index in [0.29, 0.717) is 5.75 Å². The molecule has 1 N–H and O–H groups in total. The zero-order chi connectivity index (χ0) is 14.4. The van der Waals surface area contributed by atoms with Crippen molar-refractivity contribution in [2.75, 3.05) is 13.7 Å². The second-order valence-corrected chi connectivity index (χ2v) is 5.52. The second-order valence-electron chi connectivity index (χ2n) is 4.74. The zero-order valence-electron chi connectivity index (χ0n) is 11.9. The van der Waals surface area contributed by atoms with Gasteiger partial charge in [-0.25, -0.2) is 4.39 Å². The molecule has 4 heteroatoms. The number of thiophene rings is 1. The van der Waals surface area contributed by atoms with Crippen molar-refractivity contribution in [3.8, 4) is 5.75 Å². The molecule has 0 fully saturated rings. The number of hydrogen-bond acceptors (Lipinski definition) is 3. The Morgan fingerprint density at radius 2 is 2.20 bits per heavy atom. The number of benzene rings is 1. The van der Waals surface area contributed by atoms with Crippen molar-refractivity contribution < 1.29 is 9.13 Å². The molecule has 0 aliphatic rings. The SMILES string of the molecule is CCCNC(Cc1ccsc1)c1ccc(OC)c(F)c1. The van der Waals surface area contributed by atoms with Crippen molar-refractivity contribution in [2.45, 2.75) is 25.8 Å². The van der Waals surface area contributed by atoms with Crippen LogP contribution in [0.1, 0.15) is 30.5 Å². The molecule has 20 heavy (non-hydrogen) atoms. The van der Waals surface area contributed by atoms with Crippen LogP contribution in [-0.2, 0) is 6.42 Å². The van der Waals surface area contributed by atoms with Gasteiger partial charge in [-0.1, -0.05) is 13.0 Å². The first kappa shape index (κ1) is 15.0. The Morgan fingerprint density at radius 3 is 2.80 bits per heavy atom. The molecule has 0 amide bonds. The van der Waals surface area contributed by atoms with E-state index < -0.39 is 0 Å². The fourth-order valence-electron chi connectivity index (χ4n) is 2.17. The number of hydrogen-bond donors (Lipinski definition) is 1. The Hall–Kier alpha value is -1.39. The number of halogens is 1. The number of ether oxygens (including phenoxy) is 1. The van der Waals surface area contributed by atoms with Crippen LogP contribution < -0.4 is 10.1 Å². The highest BCUT2D eigenvalue weighted by molar-refractivity contribution is 7.07. The quantitative estimate of drug-likeness (QED) is 0.827. The van der Waals surface area contributed by atoms with Crippen LogP contribution in [0.2, 0.25) is 0 Å². The molecule has 0 aliphatic carbocycles. The largest absolute Gasteiger partial charge is 0.494 e. The summed E-state index contributed by atoms with van der Waals surface area (Å²) in [6.45, 7) is 3.05. The van der Waals surface area contributed by atoms with Gasteiger partial charge in [0.1, 0.15) is 0 Å². The molecule has 0 spiro atoms. The molecule has 0 saturated carbocycles. The minimum Gasteiger partial charge on any atom is -0.494 e. The maximum Gasteiger partial charge on any atom is 0.165 e. The lowest BCUT2D eigenvalue weighted by Gasteiger charge is -2.19. The van der Waals surface area contributed by atoms with Crippen molar-refractivity contribution >= 4 is 11.3 Å². The smallest absolute Gasteiger partial charge is 0.165 e. The average molecular weight is 293 g/mol. The molecule has 0 bridgehead atoms. The Kier molecular flexibility index (Phi) is 5.56. The third kappa shape index (κ3) is 3.81. The zero-order valence-corrected chi connectivity index (χ0v) is 12.7. The van der Waals surface area contributed by atoms with Gasteiger partial charge in [-0.3, -0.25) is 0 Å². The summed E-state index contributed by atoms with van der Waals surface area (Å²) in [7, 11) is 1.48. The molecule has 0 radical (unpaired) electrons. The summed E-state index contributed by atoms with van der Waals surface area (Å²) in [5, 5.41) is 7.70.